The topological polar surface area (TPSA) is 0 Å². The predicted molar refractivity (Wildman–Crippen MR) is 89.6 cm³/mol. The smallest absolute Gasteiger partial charge is 0.0517 e. The van der Waals surface area contributed by atoms with Gasteiger partial charge < -0.3 is 0 Å². The Hall–Kier alpha value is -0.210. The van der Waals surface area contributed by atoms with Gasteiger partial charge in [0.05, 0.1) is 4.83 Å². The normalized spacial score (nSPS) is 33.3. The lowest BCUT2D eigenvalue weighted by Gasteiger charge is -2.20. The van der Waals surface area contributed by atoms with Crippen molar-refractivity contribution in [3.05, 3.63) is 47.1 Å². The third-order valence-electron chi connectivity index (χ3n) is 3.26. The number of thioether (sulfide) groups is 1. The van der Waals surface area contributed by atoms with Gasteiger partial charge in [-0.3, -0.25) is 0 Å². The van der Waals surface area contributed by atoms with Crippen molar-refractivity contribution in [1.29, 1.82) is 0 Å². The molecule has 0 aromatic heterocycles. The molecule has 0 amide bonds. The number of hydrogen-bond donors (Lipinski definition) is 0. The molecule has 1 aliphatic rings. The molecule has 0 radical (unpaired) electrons. The minimum absolute atomic E-state index is 0.312. The summed E-state index contributed by atoms with van der Waals surface area (Å²) in [6, 6.07) is 0. The fourth-order valence-electron chi connectivity index (χ4n) is 2.28. The Kier molecular flexibility index (Phi) is 6.51. The standard InChI is InChI=1S/C16H23BrS/c1-11(2)16-10-15(17)9-14(6-7-18-5)12(3)8-13(16)4/h8-10,12,15H,1,6-7H2,2-5H3/b13-8-,14-9-,16-10-. The van der Waals surface area contributed by atoms with Crippen LogP contribution in [0.5, 0.6) is 0 Å². The van der Waals surface area contributed by atoms with E-state index >= 15 is 0 Å². The van der Waals surface area contributed by atoms with Crippen molar-refractivity contribution in [2.75, 3.05) is 12.0 Å². The Bertz CT molecular complexity index is 401. The van der Waals surface area contributed by atoms with Gasteiger partial charge in [-0.15, -0.1) is 0 Å². The second kappa shape index (κ2) is 7.40. The van der Waals surface area contributed by atoms with Crippen LogP contribution in [0, 0.1) is 5.92 Å². The van der Waals surface area contributed by atoms with E-state index in [-0.39, 0.29) is 0 Å². The number of rotatable bonds is 4. The molecule has 0 aromatic carbocycles. The lowest BCUT2D eigenvalue weighted by atomic mass is 9.89. The van der Waals surface area contributed by atoms with Gasteiger partial charge >= 0.3 is 0 Å². The maximum absolute atomic E-state index is 4.08. The highest BCUT2D eigenvalue weighted by Crippen LogP contribution is 2.29. The van der Waals surface area contributed by atoms with E-state index in [1.807, 2.05) is 11.8 Å². The van der Waals surface area contributed by atoms with E-state index in [9.17, 15) is 0 Å². The first-order chi connectivity index (χ1) is 8.45. The molecule has 2 heteroatoms. The third-order valence-corrected chi connectivity index (χ3v) is 4.40. The summed E-state index contributed by atoms with van der Waals surface area (Å²) in [7, 11) is 0. The molecule has 18 heavy (non-hydrogen) atoms. The Balaban J connectivity index is 3.07. The molecule has 100 valence electrons. The SMILES string of the molecule is C=C(C)C1=C/C(Br)/C=C(/CCSC)C(C)/C=C\1C. The lowest BCUT2D eigenvalue weighted by molar-refractivity contribution is 0.798. The number of allylic oxidation sites excluding steroid dienone is 7. The minimum Gasteiger partial charge on any atom is -0.165 e. The van der Waals surface area contributed by atoms with E-state index in [4.69, 9.17) is 0 Å². The largest absolute Gasteiger partial charge is 0.165 e. The molecule has 0 aromatic rings. The summed E-state index contributed by atoms with van der Waals surface area (Å²) in [5.41, 5.74) is 5.29. The van der Waals surface area contributed by atoms with Crippen molar-refractivity contribution in [1.82, 2.24) is 0 Å². The van der Waals surface area contributed by atoms with Gasteiger partial charge in [0.2, 0.25) is 0 Å². The second-order valence-corrected chi connectivity index (χ2v) is 6.97. The Morgan fingerprint density at radius 1 is 1.39 bits per heavy atom. The van der Waals surface area contributed by atoms with Crippen LogP contribution in [-0.2, 0) is 0 Å². The maximum Gasteiger partial charge on any atom is 0.0517 e. The number of alkyl halides is 1. The Morgan fingerprint density at radius 3 is 2.61 bits per heavy atom. The van der Waals surface area contributed by atoms with Crippen molar-refractivity contribution in [3.8, 4) is 0 Å². The van der Waals surface area contributed by atoms with Crippen LogP contribution in [0.25, 0.3) is 0 Å². The van der Waals surface area contributed by atoms with Crippen molar-refractivity contribution < 1.29 is 0 Å². The summed E-state index contributed by atoms with van der Waals surface area (Å²) >= 11 is 5.65. The van der Waals surface area contributed by atoms with Crippen LogP contribution in [0.4, 0.5) is 0 Å². The monoisotopic (exact) mass is 326 g/mol. The first-order valence-corrected chi connectivity index (χ1v) is 8.66. The zero-order chi connectivity index (χ0) is 13.7. The van der Waals surface area contributed by atoms with Crippen LogP contribution in [0.1, 0.15) is 27.2 Å². The molecule has 0 saturated carbocycles. The average Bonchev–Trinajstić information content (AvgIpc) is 2.29. The molecule has 1 rings (SSSR count). The first kappa shape index (κ1) is 15.8. The highest BCUT2D eigenvalue weighted by atomic mass is 79.9. The fourth-order valence-corrected chi connectivity index (χ4v) is 3.32. The van der Waals surface area contributed by atoms with Gasteiger partial charge in [-0.1, -0.05) is 58.8 Å². The highest BCUT2D eigenvalue weighted by molar-refractivity contribution is 9.09. The predicted octanol–water partition coefficient (Wildman–Crippen LogP) is 5.53. The molecule has 0 spiro atoms. The maximum atomic E-state index is 4.08. The highest BCUT2D eigenvalue weighted by Gasteiger charge is 2.14. The Morgan fingerprint density at radius 2 is 2.06 bits per heavy atom. The zero-order valence-electron chi connectivity index (χ0n) is 11.8. The van der Waals surface area contributed by atoms with Crippen molar-refractivity contribution in [2.45, 2.75) is 32.0 Å². The van der Waals surface area contributed by atoms with Gasteiger partial charge in [-0.25, -0.2) is 0 Å². The van der Waals surface area contributed by atoms with Gasteiger partial charge in [-0.05, 0) is 49.3 Å². The van der Waals surface area contributed by atoms with Crippen LogP contribution in [0.2, 0.25) is 0 Å². The molecule has 0 bridgehead atoms. The minimum atomic E-state index is 0.312. The van der Waals surface area contributed by atoms with Crippen molar-refractivity contribution >= 4 is 27.7 Å². The van der Waals surface area contributed by atoms with E-state index in [1.54, 1.807) is 0 Å². The third kappa shape index (κ3) is 4.47. The van der Waals surface area contributed by atoms with E-state index in [2.05, 4.69) is 67.8 Å². The van der Waals surface area contributed by atoms with Crippen LogP contribution in [-0.4, -0.2) is 16.8 Å². The molecule has 0 aliphatic heterocycles. The molecule has 0 heterocycles. The molecule has 0 saturated heterocycles. The van der Waals surface area contributed by atoms with E-state index in [1.165, 1.54) is 28.9 Å². The molecular formula is C16H23BrS. The lowest BCUT2D eigenvalue weighted by Crippen LogP contribution is -2.06. The summed E-state index contributed by atoms with van der Waals surface area (Å²) in [4.78, 5) is 0.312. The number of halogens is 1. The van der Waals surface area contributed by atoms with Gasteiger partial charge in [0, 0.05) is 0 Å². The molecule has 0 nitrogen and oxygen atoms in total. The van der Waals surface area contributed by atoms with Gasteiger partial charge in [0.1, 0.15) is 0 Å². The van der Waals surface area contributed by atoms with Crippen molar-refractivity contribution in [2.24, 2.45) is 5.92 Å². The summed E-state index contributed by atoms with van der Waals surface area (Å²) in [5.74, 6) is 1.71. The summed E-state index contributed by atoms with van der Waals surface area (Å²) < 4.78 is 0. The molecule has 2 atom stereocenters. The zero-order valence-corrected chi connectivity index (χ0v) is 14.2. The molecule has 0 fully saturated rings. The molecule has 1 aliphatic carbocycles. The van der Waals surface area contributed by atoms with Crippen LogP contribution in [0.15, 0.2) is 47.1 Å². The van der Waals surface area contributed by atoms with Crippen molar-refractivity contribution in [3.63, 3.8) is 0 Å². The Labute approximate surface area is 124 Å². The van der Waals surface area contributed by atoms with E-state index in [0.717, 1.165) is 5.57 Å². The van der Waals surface area contributed by atoms with Gasteiger partial charge in [-0.2, -0.15) is 11.8 Å². The first-order valence-electron chi connectivity index (χ1n) is 6.35. The van der Waals surface area contributed by atoms with Crippen LogP contribution < -0.4 is 0 Å². The van der Waals surface area contributed by atoms with Crippen LogP contribution >= 0.6 is 27.7 Å². The quantitative estimate of drug-likeness (QED) is 0.483. The summed E-state index contributed by atoms with van der Waals surface area (Å²) in [6.07, 6.45) is 10.3. The average molecular weight is 327 g/mol. The summed E-state index contributed by atoms with van der Waals surface area (Å²) in [6.45, 7) is 10.6. The van der Waals surface area contributed by atoms with E-state index < -0.39 is 0 Å². The molecular weight excluding hydrogens is 304 g/mol. The number of hydrogen-bond acceptors (Lipinski definition) is 1. The fraction of sp³-hybridized carbons (Fsp3) is 0.500. The van der Waals surface area contributed by atoms with E-state index in [0.29, 0.717) is 10.7 Å². The van der Waals surface area contributed by atoms with Gasteiger partial charge in [0.15, 0.2) is 0 Å². The molecule has 2 unspecified atom stereocenters. The second-order valence-electron chi connectivity index (χ2n) is 4.93. The molecule has 0 N–H and O–H groups in total. The summed E-state index contributed by atoms with van der Waals surface area (Å²) in [5, 5.41) is 0. The van der Waals surface area contributed by atoms with Crippen LogP contribution in [0.3, 0.4) is 0 Å². The van der Waals surface area contributed by atoms with Gasteiger partial charge in [0.25, 0.3) is 0 Å².